The van der Waals surface area contributed by atoms with Crippen molar-refractivity contribution in [3.05, 3.63) is 109 Å². The third-order valence-corrected chi connectivity index (χ3v) is 4.87. The third kappa shape index (κ3) is 3.08. The number of hydrogen-bond acceptors (Lipinski definition) is 2. The Morgan fingerprint density at radius 1 is 0.607 bits per heavy atom. The minimum atomic E-state index is 0.455. The summed E-state index contributed by atoms with van der Waals surface area (Å²) < 4.78 is 8.06. The van der Waals surface area contributed by atoms with Gasteiger partial charge in [-0.1, -0.05) is 78.9 Å². The van der Waals surface area contributed by atoms with E-state index < -0.39 is 0 Å². The van der Waals surface area contributed by atoms with Crippen molar-refractivity contribution in [2.45, 2.75) is 0 Å². The minimum absolute atomic E-state index is 0.455. The summed E-state index contributed by atoms with van der Waals surface area (Å²) in [7, 11) is 0. The summed E-state index contributed by atoms with van der Waals surface area (Å²) in [4.78, 5) is 0. The number of nitrogens with zero attached hydrogens (tertiary/aromatic N) is 2. The number of rotatable bonds is 3. The van der Waals surface area contributed by atoms with Crippen molar-refractivity contribution >= 4 is 5.71 Å². The fourth-order valence-corrected chi connectivity index (χ4v) is 3.44. The van der Waals surface area contributed by atoms with Crippen LogP contribution in [0.2, 0.25) is 0 Å². The molecule has 28 heavy (non-hydrogen) atoms. The van der Waals surface area contributed by atoms with Crippen LogP contribution < -0.4 is 9.41 Å². The van der Waals surface area contributed by atoms with E-state index in [1.807, 2.05) is 47.1 Å². The fourth-order valence-electron chi connectivity index (χ4n) is 3.44. The molecule has 0 saturated heterocycles. The zero-order chi connectivity index (χ0) is 18.8. The van der Waals surface area contributed by atoms with Gasteiger partial charge in [0.1, 0.15) is 6.61 Å². The van der Waals surface area contributed by atoms with Gasteiger partial charge in [0.15, 0.2) is 5.71 Å². The molecule has 0 spiro atoms. The lowest BCUT2D eigenvalue weighted by Crippen LogP contribution is -2.40. The Labute approximate surface area is 164 Å². The number of ether oxygens (including phenoxy) is 1. The average Bonchev–Trinajstić information content (AvgIpc) is 2.80. The Bertz CT molecular complexity index is 1140. The maximum absolute atomic E-state index is 6.15. The predicted octanol–water partition coefficient (Wildman–Crippen LogP) is 4.95. The van der Waals surface area contributed by atoms with Crippen LogP contribution in [0.25, 0.3) is 22.4 Å². The molecule has 0 N–H and O–H groups in total. The van der Waals surface area contributed by atoms with Gasteiger partial charge in [0.05, 0.1) is 6.07 Å². The molecule has 0 radical (unpaired) electrons. The van der Waals surface area contributed by atoms with Crippen LogP contribution in [-0.4, -0.2) is 12.3 Å². The Morgan fingerprint density at radius 2 is 1.18 bits per heavy atom. The lowest BCUT2D eigenvalue weighted by Gasteiger charge is -2.14. The van der Waals surface area contributed by atoms with E-state index in [0.717, 1.165) is 39.5 Å². The summed E-state index contributed by atoms with van der Waals surface area (Å²) in [5, 5.41) is 4.94. The van der Waals surface area contributed by atoms with Crippen LogP contribution in [-0.2, 0) is 0 Å². The maximum Gasteiger partial charge on any atom is 0.400 e. The van der Waals surface area contributed by atoms with Crippen LogP contribution in [0.1, 0.15) is 5.56 Å². The van der Waals surface area contributed by atoms with Crippen LogP contribution >= 0.6 is 0 Å². The Morgan fingerprint density at radius 3 is 1.82 bits per heavy atom. The molecule has 0 unspecified atom stereocenters. The molecule has 0 atom stereocenters. The third-order valence-electron chi connectivity index (χ3n) is 4.87. The lowest BCUT2D eigenvalue weighted by molar-refractivity contribution is -0.676. The smallest absolute Gasteiger partial charge is 0.400 e. The average molecular weight is 363 g/mol. The second kappa shape index (κ2) is 7.12. The van der Waals surface area contributed by atoms with Gasteiger partial charge in [-0.3, -0.25) is 0 Å². The molecule has 0 amide bonds. The highest BCUT2D eigenvalue weighted by molar-refractivity contribution is 6.01. The molecule has 134 valence electrons. The predicted molar refractivity (Wildman–Crippen MR) is 111 cm³/mol. The molecule has 3 aromatic carbocycles. The van der Waals surface area contributed by atoms with Gasteiger partial charge in [-0.2, -0.15) is 0 Å². The van der Waals surface area contributed by atoms with Crippen molar-refractivity contribution < 1.29 is 9.41 Å². The Hall–Kier alpha value is -3.72. The number of aromatic nitrogens is 1. The molecule has 3 nitrogen and oxygen atoms in total. The van der Waals surface area contributed by atoms with Gasteiger partial charge >= 0.3 is 5.88 Å². The van der Waals surface area contributed by atoms with Crippen LogP contribution in [0, 0.1) is 0 Å². The topological polar surface area (TPSA) is 25.5 Å². The first-order valence-electron chi connectivity index (χ1n) is 9.35. The summed E-state index contributed by atoms with van der Waals surface area (Å²) in [6.45, 7) is 0.455. The van der Waals surface area contributed by atoms with Gasteiger partial charge in [0, 0.05) is 22.3 Å². The molecule has 1 aromatic heterocycles. The van der Waals surface area contributed by atoms with Crippen molar-refractivity contribution in [1.82, 2.24) is 0 Å². The standard InChI is InChI=1S/C25H19N2O/c1-4-10-19(11-5-1)22-16-24(21-14-8-3-9-15-21)27-25(17-22)28-18-23(26-27)20-12-6-2-7-13-20/h1-17H,18H2/q+1. The molecule has 0 bridgehead atoms. The summed E-state index contributed by atoms with van der Waals surface area (Å²) in [5.74, 6) is 0.750. The van der Waals surface area contributed by atoms with E-state index in [9.17, 15) is 0 Å². The SMILES string of the molecule is c1ccc(C2=N[n+]3c(cc(-c4ccccc4)cc3-c3ccccc3)OC2)cc1. The maximum atomic E-state index is 6.15. The highest BCUT2D eigenvalue weighted by atomic mass is 16.5. The zero-order valence-corrected chi connectivity index (χ0v) is 15.3. The number of fused-ring (bicyclic) bond motifs is 1. The molecule has 3 heteroatoms. The van der Waals surface area contributed by atoms with E-state index in [4.69, 9.17) is 9.84 Å². The molecule has 0 aliphatic carbocycles. The van der Waals surface area contributed by atoms with Gasteiger partial charge in [-0.25, -0.2) is 0 Å². The zero-order valence-electron chi connectivity index (χ0n) is 15.3. The van der Waals surface area contributed by atoms with Gasteiger partial charge in [-0.05, 0) is 27.9 Å². The van der Waals surface area contributed by atoms with Crippen molar-refractivity contribution in [2.75, 3.05) is 6.61 Å². The Kier molecular flexibility index (Phi) is 4.19. The highest BCUT2D eigenvalue weighted by Gasteiger charge is 2.28. The molecule has 4 aromatic rings. The second-order valence-electron chi connectivity index (χ2n) is 6.71. The highest BCUT2D eigenvalue weighted by Crippen LogP contribution is 2.28. The molecule has 1 aliphatic rings. The summed E-state index contributed by atoms with van der Waals surface area (Å²) in [5.41, 5.74) is 6.37. The van der Waals surface area contributed by atoms with Gasteiger partial charge in [-0.15, -0.1) is 0 Å². The molecule has 0 saturated carbocycles. The molecular formula is C25H19N2O+. The second-order valence-corrected chi connectivity index (χ2v) is 6.71. The lowest BCUT2D eigenvalue weighted by atomic mass is 10.0. The van der Waals surface area contributed by atoms with E-state index >= 15 is 0 Å². The first-order chi connectivity index (χ1) is 13.9. The normalized spacial score (nSPS) is 12.6. The van der Waals surface area contributed by atoms with Crippen molar-refractivity contribution in [2.24, 2.45) is 5.10 Å². The largest absolute Gasteiger partial charge is 0.436 e. The number of pyridine rings is 1. The van der Waals surface area contributed by atoms with Gasteiger partial charge in [0.25, 0.3) is 0 Å². The summed E-state index contributed by atoms with van der Waals surface area (Å²) in [6, 6.07) is 35.1. The van der Waals surface area contributed by atoms with E-state index in [2.05, 4.69) is 60.7 Å². The van der Waals surface area contributed by atoms with Crippen LogP contribution in [0.15, 0.2) is 108 Å². The van der Waals surface area contributed by atoms with Gasteiger partial charge in [0.2, 0.25) is 5.69 Å². The van der Waals surface area contributed by atoms with E-state index in [0.29, 0.717) is 6.61 Å². The molecule has 0 fully saturated rings. The summed E-state index contributed by atoms with van der Waals surface area (Å²) in [6.07, 6.45) is 0. The molecule has 5 rings (SSSR count). The molecular weight excluding hydrogens is 344 g/mol. The van der Waals surface area contributed by atoms with Crippen molar-refractivity contribution in [3.63, 3.8) is 0 Å². The number of benzene rings is 3. The quantitative estimate of drug-likeness (QED) is 0.473. The Balaban J connectivity index is 1.71. The van der Waals surface area contributed by atoms with E-state index in [-0.39, 0.29) is 0 Å². The molecule has 2 heterocycles. The summed E-state index contributed by atoms with van der Waals surface area (Å²) >= 11 is 0. The first-order valence-corrected chi connectivity index (χ1v) is 9.35. The number of hydrogen-bond donors (Lipinski definition) is 0. The van der Waals surface area contributed by atoms with Crippen molar-refractivity contribution in [3.8, 4) is 28.3 Å². The fraction of sp³-hybridized carbons (Fsp3) is 0.0400. The first kappa shape index (κ1) is 16.5. The van der Waals surface area contributed by atoms with Crippen molar-refractivity contribution in [1.29, 1.82) is 0 Å². The van der Waals surface area contributed by atoms with Crippen LogP contribution in [0.5, 0.6) is 5.88 Å². The van der Waals surface area contributed by atoms with E-state index in [1.54, 1.807) is 0 Å². The van der Waals surface area contributed by atoms with Crippen LogP contribution in [0.3, 0.4) is 0 Å². The minimum Gasteiger partial charge on any atom is -0.436 e. The molecule has 1 aliphatic heterocycles. The van der Waals surface area contributed by atoms with Gasteiger partial charge < -0.3 is 4.74 Å². The van der Waals surface area contributed by atoms with Crippen LogP contribution in [0.4, 0.5) is 0 Å². The monoisotopic (exact) mass is 363 g/mol. The van der Waals surface area contributed by atoms with E-state index in [1.165, 1.54) is 0 Å².